The summed E-state index contributed by atoms with van der Waals surface area (Å²) in [5.74, 6) is 0.0516. The van der Waals surface area contributed by atoms with E-state index in [1.165, 1.54) is 0 Å². The minimum Gasteiger partial charge on any atom is -0.353 e. The van der Waals surface area contributed by atoms with Crippen LogP contribution in [-0.4, -0.2) is 60.5 Å². The lowest BCUT2D eigenvalue weighted by molar-refractivity contribution is -0.123. The molecule has 0 aliphatic carbocycles. The fourth-order valence-electron chi connectivity index (χ4n) is 3.31. The topological polar surface area (TPSA) is 64.7 Å². The zero-order valence-electron chi connectivity index (χ0n) is 17.2. The average Bonchev–Trinajstić information content (AvgIpc) is 2.75. The number of carbonyl (C=O) groups excluding carboxylic acids is 2. The molecule has 1 aliphatic heterocycles. The lowest BCUT2D eigenvalue weighted by Crippen LogP contribution is -2.52. The van der Waals surface area contributed by atoms with Crippen LogP contribution in [0.3, 0.4) is 0 Å². The molecule has 2 aromatic carbocycles. The molecule has 0 spiro atoms. The Morgan fingerprint density at radius 1 is 0.931 bits per heavy atom. The zero-order valence-corrected chi connectivity index (χ0v) is 17.2. The molecule has 6 heteroatoms. The fourth-order valence-corrected chi connectivity index (χ4v) is 3.31. The Balaban J connectivity index is 1.45. The summed E-state index contributed by atoms with van der Waals surface area (Å²) in [4.78, 5) is 28.5. The predicted octanol–water partition coefficient (Wildman–Crippen LogP) is 3.42. The third-order valence-corrected chi connectivity index (χ3v) is 5.29. The summed E-state index contributed by atoms with van der Waals surface area (Å²) in [7, 11) is 0. The van der Waals surface area contributed by atoms with E-state index in [2.05, 4.69) is 34.6 Å². The third-order valence-electron chi connectivity index (χ3n) is 5.29. The highest BCUT2D eigenvalue weighted by Gasteiger charge is 2.22. The Hall–Kier alpha value is -2.86. The highest BCUT2D eigenvalue weighted by molar-refractivity contribution is 5.89. The van der Waals surface area contributed by atoms with Gasteiger partial charge in [-0.25, -0.2) is 4.79 Å². The molecule has 154 valence electrons. The first-order valence-electron chi connectivity index (χ1n) is 10.3. The quantitative estimate of drug-likeness (QED) is 0.789. The summed E-state index contributed by atoms with van der Waals surface area (Å²) in [5, 5.41) is 5.96. The van der Waals surface area contributed by atoms with Crippen LogP contribution in [0.4, 0.5) is 10.5 Å². The molecule has 0 unspecified atom stereocenters. The number of hydrogen-bond donors (Lipinski definition) is 2. The Bertz CT molecular complexity index is 799. The molecule has 0 aromatic heterocycles. The van der Waals surface area contributed by atoms with Crippen molar-refractivity contribution in [2.45, 2.75) is 26.3 Å². The van der Waals surface area contributed by atoms with Crippen LogP contribution in [0.1, 0.15) is 20.3 Å². The highest BCUT2D eigenvalue weighted by Crippen LogP contribution is 2.21. The molecule has 1 heterocycles. The number of carbonyl (C=O) groups is 2. The van der Waals surface area contributed by atoms with Crippen LogP contribution in [0, 0.1) is 0 Å². The number of piperazine rings is 1. The van der Waals surface area contributed by atoms with E-state index in [9.17, 15) is 9.59 Å². The summed E-state index contributed by atoms with van der Waals surface area (Å²) < 4.78 is 0. The summed E-state index contributed by atoms with van der Waals surface area (Å²) >= 11 is 0. The Labute approximate surface area is 172 Å². The van der Waals surface area contributed by atoms with Crippen molar-refractivity contribution in [1.29, 1.82) is 0 Å². The van der Waals surface area contributed by atoms with Crippen molar-refractivity contribution in [3.63, 3.8) is 0 Å². The largest absolute Gasteiger partial charge is 0.353 e. The van der Waals surface area contributed by atoms with Gasteiger partial charge in [-0.1, -0.05) is 49.4 Å². The number of benzene rings is 2. The molecule has 29 heavy (non-hydrogen) atoms. The van der Waals surface area contributed by atoms with Crippen LogP contribution in [0.2, 0.25) is 0 Å². The molecule has 1 saturated heterocycles. The van der Waals surface area contributed by atoms with Gasteiger partial charge in [0.15, 0.2) is 0 Å². The van der Waals surface area contributed by atoms with Gasteiger partial charge >= 0.3 is 6.03 Å². The van der Waals surface area contributed by atoms with E-state index in [-0.39, 0.29) is 18.0 Å². The van der Waals surface area contributed by atoms with Crippen molar-refractivity contribution in [1.82, 2.24) is 15.1 Å². The van der Waals surface area contributed by atoms with Gasteiger partial charge in [-0.2, -0.15) is 0 Å². The van der Waals surface area contributed by atoms with Crippen molar-refractivity contribution in [3.8, 4) is 11.1 Å². The van der Waals surface area contributed by atoms with E-state index in [4.69, 9.17) is 0 Å². The van der Waals surface area contributed by atoms with Gasteiger partial charge in [-0.15, -0.1) is 0 Å². The maximum absolute atomic E-state index is 12.6. The van der Waals surface area contributed by atoms with Gasteiger partial charge in [0.1, 0.15) is 0 Å². The van der Waals surface area contributed by atoms with E-state index in [0.717, 1.165) is 23.2 Å². The standard InChI is InChI=1S/C23H30N4O2/c1-3-18(2)24-22(28)17-26-13-15-27(16-14-26)23(29)25-21-11-9-20(10-12-21)19-7-5-4-6-8-19/h4-12,18H,3,13-17H2,1-2H3,(H,24,28)(H,25,29)/t18-/m1/s1. The van der Waals surface area contributed by atoms with Crippen molar-refractivity contribution < 1.29 is 9.59 Å². The highest BCUT2D eigenvalue weighted by atomic mass is 16.2. The number of amides is 3. The van der Waals surface area contributed by atoms with Crippen molar-refractivity contribution in [2.24, 2.45) is 0 Å². The summed E-state index contributed by atoms with van der Waals surface area (Å²) in [6.07, 6.45) is 0.923. The number of nitrogens with one attached hydrogen (secondary N) is 2. The summed E-state index contributed by atoms with van der Waals surface area (Å²) in [6, 6.07) is 18.1. The Kier molecular flexibility index (Phi) is 7.25. The van der Waals surface area contributed by atoms with Crippen LogP contribution >= 0.6 is 0 Å². The summed E-state index contributed by atoms with van der Waals surface area (Å²) in [5.41, 5.74) is 3.05. The molecule has 1 atom stereocenters. The van der Waals surface area contributed by atoms with Gasteiger partial charge in [0.2, 0.25) is 5.91 Å². The molecule has 1 fully saturated rings. The first kappa shape index (κ1) is 20.9. The predicted molar refractivity (Wildman–Crippen MR) is 117 cm³/mol. The minimum atomic E-state index is -0.0961. The van der Waals surface area contributed by atoms with Crippen LogP contribution in [0.5, 0.6) is 0 Å². The second-order valence-electron chi connectivity index (χ2n) is 7.51. The maximum atomic E-state index is 12.6. The van der Waals surface area contributed by atoms with Crippen molar-refractivity contribution in [2.75, 3.05) is 38.0 Å². The van der Waals surface area contributed by atoms with E-state index >= 15 is 0 Å². The van der Waals surface area contributed by atoms with E-state index in [1.807, 2.05) is 49.4 Å². The minimum absolute atomic E-state index is 0.0516. The number of urea groups is 1. The molecular formula is C23H30N4O2. The lowest BCUT2D eigenvalue weighted by Gasteiger charge is -2.34. The van der Waals surface area contributed by atoms with Gasteiger partial charge in [0, 0.05) is 37.9 Å². The van der Waals surface area contributed by atoms with Gasteiger partial charge in [-0.3, -0.25) is 9.69 Å². The molecule has 3 amide bonds. The molecule has 1 aliphatic rings. The van der Waals surface area contributed by atoms with Crippen molar-refractivity contribution in [3.05, 3.63) is 54.6 Å². The molecule has 3 rings (SSSR count). The molecule has 0 saturated carbocycles. The van der Waals surface area contributed by atoms with Gasteiger partial charge < -0.3 is 15.5 Å². The van der Waals surface area contributed by atoms with Crippen LogP contribution < -0.4 is 10.6 Å². The van der Waals surface area contributed by atoms with Crippen molar-refractivity contribution >= 4 is 17.6 Å². The van der Waals surface area contributed by atoms with Gasteiger partial charge in [-0.05, 0) is 36.6 Å². The normalized spacial score (nSPS) is 15.6. The van der Waals surface area contributed by atoms with Crippen LogP contribution in [-0.2, 0) is 4.79 Å². The van der Waals surface area contributed by atoms with E-state index in [1.54, 1.807) is 4.90 Å². The molecule has 2 aromatic rings. The molecule has 2 N–H and O–H groups in total. The molecule has 6 nitrogen and oxygen atoms in total. The third kappa shape index (κ3) is 6.06. The zero-order chi connectivity index (χ0) is 20.6. The monoisotopic (exact) mass is 394 g/mol. The van der Waals surface area contributed by atoms with Crippen LogP contribution in [0.25, 0.3) is 11.1 Å². The number of hydrogen-bond acceptors (Lipinski definition) is 3. The lowest BCUT2D eigenvalue weighted by atomic mass is 10.1. The van der Waals surface area contributed by atoms with Gasteiger partial charge in [0.25, 0.3) is 0 Å². The fraction of sp³-hybridized carbons (Fsp3) is 0.391. The Morgan fingerprint density at radius 2 is 1.55 bits per heavy atom. The molecule has 0 radical (unpaired) electrons. The van der Waals surface area contributed by atoms with Crippen LogP contribution in [0.15, 0.2) is 54.6 Å². The number of anilines is 1. The SMILES string of the molecule is CC[C@@H](C)NC(=O)CN1CCN(C(=O)Nc2ccc(-c3ccccc3)cc2)CC1. The van der Waals surface area contributed by atoms with E-state index < -0.39 is 0 Å². The average molecular weight is 395 g/mol. The second-order valence-corrected chi connectivity index (χ2v) is 7.51. The Morgan fingerprint density at radius 3 is 2.17 bits per heavy atom. The first-order valence-corrected chi connectivity index (χ1v) is 10.3. The second kappa shape index (κ2) is 10.1. The smallest absolute Gasteiger partial charge is 0.321 e. The molecule has 0 bridgehead atoms. The number of nitrogens with zero attached hydrogens (tertiary/aromatic N) is 2. The van der Waals surface area contributed by atoms with Gasteiger partial charge in [0.05, 0.1) is 6.54 Å². The first-order chi connectivity index (χ1) is 14.0. The summed E-state index contributed by atoms with van der Waals surface area (Å²) in [6.45, 7) is 7.09. The molecular weight excluding hydrogens is 364 g/mol. The maximum Gasteiger partial charge on any atom is 0.321 e. The number of rotatable bonds is 6. The van der Waals surface area contributed by atoms with E-state index in [0.29, 0.717) is 32.7 Å².